The van der Waals surface area contributed by atoms with Crippen molar-refractivity contribution < 1.29 is 4.74 Å². The van der Waals surface area contributed by atoms with Crippen LogP contribution in [0.4, 0.5) is 0 Å². The lowest BCUT2D eigenvalue weighted by Gasteiger charge is -2.11. The van der Waals surface area contributed by atoms with Gasteiger partial charge in [-0.15, -0.1) is 0 Å². The Bertz CT molecular complexity index is 841. The van der Waals surface area contributed by atoms with Gasteiger partial charge in [0, 0.05) is 5.56 Å². The molecule has 0 atom stereocenters. The number of hydrogen-bond acceptors (Lipinski definition) is 4. The molecule has 0 bridgehead atoms. The molecule has 0 saturated carbocycles. The van der Waals surface area contributed by atoms with Crippen LogP contribution in [0, 0.1) is 4.77 Å². The third-order valence-corrected chi connectivity index (χ3v) is 3.79. The lowest BCUT2D eigenvalue weighted by Crippen LogP contribution is -2.16. The summed E-state index contributed by atoms with van der Waals surface area (Å²) in [6, 6.07) is 18.0. The molecule has 1 heterocycles. The molecule has 2 aromatic carbocycles. The summed E-state index contributed by atoms with van der Waals surface area (Å²) in [5, 5.41) is 7.15. The zero-order valence-electron chi connectivity index (χ0n) is 13.5. The summed E-state index contributed by atoms with van der Waals surface area (Å²) in [5.41, 5.74) is 5.44. The number of hydrogen-bond donors (Lipinski definition) is 2. The average molecular weight is 340 g/mol. The standard InChI is InChI=1S/C18H20N4OS/c1-2-11-23-16-10-6-7-14(12-16)13-19-22-17(20-21-18(22)24)15-8-4-3-5-9-15/h3-10,12,19H,2,11,13H2,1H3,(H,21,24). The van der Waals surface area contributed by atoms with Crippen molar-refractivity contribution in [2.24, 2.45) is 0 Å². The number of nitrogens with one attached hydrogen (secondary N) is 2. The highest BCUT2D eigenvalue weighted by atomic mass is 32.1. The normalized spacial score (nSPS) is 10.5. The predicted octanol–water partition coefficient (Wildman–Crippen LogP) is 4.14. The molecule has 0 spiro atoms. The Kier molecular flexibility index (Phi) is 5.28. The van der Waals surface area contributed by atoms with Crippen LogP contribution in [0.2, 0.25) is 0 Å². The Hall–Kier alpha value is -2.60. The monoisotopic (exact) mass is 340 g/mol. The Morgan fingerprint density at radius 1 is 1.17 bits per heavy atom. The molecule has 3 aromatic rings. The average Bonchev–Trinajstić information content (AvgIpc) is 3.00. The Labute approximate surface area is 146 Å². The molecule has 0 aliphatic heterocycles. The van der Waals surface area contributed by atoms with Crippen LogP contribution in [0.15, 0.2) is 54.6 Å². The van der Waals surface area contributed by atoms with Crippen LogP contribution in [0.5, 0.6) is 5.75 Å². The van der Waals surface area contributed by atoms with Gasteiger partial charge in [0.15, 0.2) is 5.82 Å². The minimum Gasteiger partial charge on any atom is -0.494 e. The SMILES string of the molecule is CCCOc1cccc(CNn2c(-c3ccccc3)n[nH]c2=S)c1. The van der Waals surface area contributed by atoms with Gasteiger partial charge in [0.2, 0.25) is 4.77 Å². The largest absolute Gasteiger partial charge is 0.494 e. The molecular weight excluding hydrogens is 320 g/mol. The second kappa shape index (κ2) is 7.79. The van der Waals surface area contributed by atoms with Crippen LogP contribution in [0.1, 0.15) is 18.9 Å². The highest BCUT2D eigenvalue weighted by Gasteiger charge is 2.08. The molecule has 0 unspecified atom stereocenters. The number of aromatic nitrogens is 3. The van der Waals surface area contributed by atoms with E-state index in [4.69, 9.17) is 17.0 Å². The number of ether oxygens (including phenoxy) is 1. The van der Waals surface area contributed by atoms with E-state index < -0.39 is 0 Å². The van der Waals surface area contributed by atoms with Gasteiger partial charge in [-0.3, -0.25) is 0 Å². The van der Waals surface area contributed by atoms with Gasteiger partial charge in [0.25, 0.3) is 0 Å². The van der Waals surface area contributed by atoms with Gasteiger partial charge in [-0.05, 0) is 36.3 Å². The van der Waals surface area contributed by atoms with Crippen molar-refractivity contribution in [2.45, 2.75) is 19.9 Å². The first-order chi connectivity index (χ1) is 11.8. The fourth-order valence-corrected chi connectivity index (χ4v) is 2.56. The van der Waals surface area contributed by atoms with Crippen molar-refractivity contribution in [3.8, 4) is 17.1 Å². The molecular formula is C18H20N4OS. The van der Waals surface area contributed by atoms with E-state index in [1.807, 2.05) is 48.5 Å². The van der Waals surface area contributed by atoms with Crippen LogP contribution in [-0.4, -0.2) is 21.5 Å². The number of nitrogens with zero attached hydrogens (tertiary/aromatic N) is 2. The Balaban J connectivity index is 1.76. The van der Waals surface area contributed by atoms with Crippen molar-refractivity contribution in [3.63, 3.8) is 0 Å². The fraction of sp³-hybridized carbons (Fsp3) is 0.222. The van der Waals surface area contributed by atoms with Gasteiger partial charge in [-0.25, -0.2) is 9.77 Å². The minimum absolute atomic E-state index is 0.534. The lowest BCUT2D eigenvalue weighted by molar-refractivity contribution is 0.317. The highest BCUT2D eigenvalue weighted by Crippen LogP contribution is 2.17. The van der Waals surface area contributed by atoms with Crippen LogP contribution >= 0.6 is 12.2 Å². The van der Waals surface area contributed by atoms with Crippen LogP contribution in [0.25, 0.3) is 11.4 Å². The zero-order chi connectivity index (χ0) is 16.8. The van der Waals surface area contributed by atoms with Gasteiger partial charge < -0.3 is 10.2 Å². The Morgan fingerprint density at radius 3 is 2.79 bits per heavy atom. The molecule has 5 nitrogen and oxygen atoms in total. The molecule has 2 N–H and O–H groups in total. The zero-order valence-corrected chi connectivity index (χ0v) is 14.3. The van der Waals surface area contributed by atoms with E-state index >= 15 is 0 Å². The first-order valence-corrected chi connectivity index (χ1v) is 8.37. The van der Waals surface area contributed by atoms with Gasteiger partial charge in [-0.1, -0.05) is 49.4 Å². The van der Waals surface area contributed by atoms with E-state index in [-0.39, 0.29) is 0 Å². The number of H-pyrrole nitrogens is 1. The molecule has 0 amide bonds. The van der Waals surface area contributed by atoms with E-state index in [1.165, 1.54) is 0 Å². The number of benzene rings is 2. The van der Waals surface area contributed by atoms with Crippen molar-refractivity contribution in [2.75, 3.05) is 12.0 Å². The number of rotatable bonds is 7. The molecule has 0 aliphatic rings. The van der Waals surface area contributed by atoms with E-state index in [2.05, 4.69) is 28.6 Å². The second-order valence-electron chi connectivity index (χ2n) is 5.38. The summed E-state index contributed by atoms with van der Waals surface area (Å²) >= 11 is 5.33. The third-order valence-electron chi connectivity index (χ3n) is 3.52. The summed E-state index contributed by atoms with van der Waals surface area (Å²) in [4.78, 5) is 0. The van der Waals surface area contributed by atoms with Crippen LogP contribution in [-0.2, 0) is 6.54 Å². The summed E-state index contributed by atoms with van der Waals surface area (Å²) < 4.78 is 8.01. The van der Waals surface area contributed by atoms with Crippen molar-refractivity contribution >= 4 is 12.2 Å². The topological polar surface area (TPSA) is 54.9 Å². The molecule has 24 heavy (non-hydrogen) atoms. The van der Waals surface area contributed by atoms with Crippen molar-refractivity contribution in [1.82, 2.24) is 14.9 Å². The summed E-state index contributed by atoms with van der Waals surface area (Å²) in [6.07, 6.45) is 0.993. The van der Waals surface area contributed by atoms with Gasteiger partial charge in [0.05, 0.1) is 13.2 Å². The molecule has 3 rings (SSSR count). The third kappa shape index (κ3) is 3.83. The van der Waals surface area contributed by atoms with E-state index in [0.29, 0.717) is 11.3 Å². The summed E-state index contributed by atoms with van der Waals surface area (Å²) in [5.74, 6) is 1.65. The van der Waals surface area contributed by atoms with Crippen LogP contribution < -0.4 is 10.2 Å². The maximum absolute atomic E-state index is 5.68. The van der Waals surface area contributed by atoms with Crippen molar-refractivity contribution in [1.29, 1.82) is 0 Å². The summed E-state index contributed by atoms with van der Waals surface area (Å²) in [6.45, 7) is 3.44. The maximum Gasteiger partial charge on any atom is 0.214 e. The maximum atomic E-state index is 5.68. The molecule has 0 radical (unpaired) electrons. The van der Waals surface area contributed by atoms with E-state index in [9.17, 15) is 0 Å². The number of aromatic amines is 1. The second-order valence-corrected chi connectivity index (χ2v) is 5.77. The van der Waals surface area contributed by atoms with Gasteiger partial charge >= 0.3 is 0 Å². The first-order valence-electron chi connectivity index (χ1n) is 7.96. The molecule has 0 saturated heterocycles. The van der Waals surface area contributed by atoms with Crippen LogP contribution in [0.3, 0.4) is 0 Å². The predicted molar refractivity (Wildman–Crippen MR) is 98.1 cm³/mol. The lowest BCUT2D eigenvalue weighted by atomic mass is 10.2. The smallest absolute Gasteiger partial charge is 0.214 e. The first kappa shape index (κ1) is 16.3. The van der Waals surface area contributed by atoms with E-state index in [0.717, 1.165) is 35.7 Å². The molecule has 124 valence electrons. The Morgan fingerprint density at radius 2 is 2.00 bits per heavy atom. The van der Waals surface area contributed by atoms with Gasteiger partial charge in [0.1, 0.15) is 5.75 Å². The molecule has 6 heteroatoms. The fourth-order valence-electron chi connectivity index (χ4n) is 2.36. The highest BCUT2D eigenvalue weighted by molar-refractivity contribution is 7.71. The molecule has 1 aromatic heterocycles. The molecule has 0 fully saturated rings. The quantitative estimate of drug-likeness (QED) is 0.635. The van der Waals surface area contributed by atoms with Gasteiger partial charge in [-0.2, -0.15) is 5.10 Å². The van der Waals surface area contributed by atoms with E-state index in [1.54, 1.807) is 4.68 Å². The molecule has 0 aliphatic carbocycles. The van der Waals surface area contributed by atoms with Crippen molar-refractivity contribution in [3.05, 3.63) is 64.9 Å². The minimum atomic E-state index is 0.534. The summed E-state index contributed by atoms with van der Waals surface area (Å²) in [7, 11) is 0.